The van der Waals surface area contributed by atoms with E-state index in [9.17, 15) is 18.0 Å². The van der Waals surface area contributed by atoms with Crippen molar-refractivity contribution >= 4 is 17.2 Å². The van der Waals surface area contributed by atoms with Crippen molar-refractivity contribution < 1.29 is 18.0 Å². The van der Waals surface area contributed by atoms with Gasteiger partial charge in [0, 0.05) is 13.0 Å². The van der Waals surface area contributed by atoms with Crippen LogP contribution >= 0.6 is 11.3 Å². The average Bonchev–Trinajstić information content (AvgIpc) is 2.96. The van der Waals surface area contributed by atoms with Crippen molar-refractivity contribution in [2.24, 2.45) is 5.92 Å². The van der Waals surface area contributed by atoms with Crippen LogP contribution in [-0.4, -0.2) is 29.6 Å². The smallest absolute Gasteiger partial charge is 0.322 e. The first kappa shape index (κ1) is 16.3. The van der Waals surface area contributed by atoms with Gasteiger partial charge in [0.05, 0.1) is 6.04 Å². The zero-order valence-corrected chi connectivity index (χ0v) is 12.8. The van der Waals surface area contributed by atoms with Crippen LogP contribution in [0.3, 0.4) is 0 Å². The molecule has 1 aliphatic rings. The summed E-state index contributed by atoms with van der Waals surface area (Å²) in [6.45, 7) is 3.98. The minimum atomic E-state index is -4.18. The monoisotopic (exact) mass is 320 g/mol. The van der Waals surface area contributed by atoms with Crippen molar-refractivity contribution in [2.45, 2.75) is 45.1 Å². The van der Waals surface area contributed by atoms with Crippen LogP contribution in [0, 0.1) is 5.92 Å². The van der Waals surface area contributed by atoms with E-state index in [1.807, 2.05) is 30.7 Å². The maximum Gasteiger partial charge on any atom is 0.389 e. The number of hydrogen-bond donors (Lipinski definition) is 1. The Kier molecular flexibility index (Phi) is 4.93. The van der Waals surface area contributed by atoms with Crippen LogP contribution in [0.25, 0.3) is 0 Å². The molecular formula is C14H19F3N2OS. The minimum absolute atomic E-state index is 0.0671. The van der Waals surface area contributed by atoms with Crippen LogP contribution in [0.2, 0.25) is 0 Å². The molecule has 21 heavy (non-hydrogen) atoms. The molecule has 118 valence electrons. The molecule has 3 nitrogen and oxygen atoms in total. The highest BCUT2D eigenvalue weighted by Crippen LogP contribution is 2.30. The SMILES string of the molecule is CC(C)C1NC(c2ccsc2)N(CCCC(F)(F)F)C1=O. The molecule has 1 saturated heterocycles. The molecule has 2 unspecified atom stereocenters. The van der Waals surface area contributed by atoms with Crippen molar-refractivity contribution in [2.75, 3.05) is 6.54 Å². The molecule has 0 spiro atoms. The predicted octanol–water partition coefficient (Wildman–Crippen LogP) is 3.55. The van der Waals surface area contributed by atoms with Crippen LogP contribution in [0.5, 0.6) is 0 Å². The lowest BCUT2D eigenvalue weighted by Gasteiger charge is -2.23. The first-order valence-corrected chi connectivity index (χ1v) is 7.89. The summed E-state index contributed by atoms with van der Waals surface area (Å²) >= 11 is 1.51. The summed E-state index contributed by atoms with van der Waals surface area (Å²) in [5.41, 5.74) is 0.934. The second-order valence-electron chi connectivity index (χ2n) is 5.60. The lowest BCUT2D eigenvalue weighted by Crippen LogP contribution is -2.35. The summed E-state index contributed by atoms with van der Waals surface area (Å²) in [5.74, 6) is -0.00498. The van der Waals surface area contributed by atoms with Crippen molar-refractivity contribution in [1.82, 2.24) is 10.2 Å². The van der Waals surface area contributed by atoms with Gasteiger partial charge in [-0.2, -0.15) is 24.5 Å². The van der Waals surface area contributed by atoms with Gasteiger partial charge in [-0.05, 0) is 34.7 Å². The van der Waals surface area contributed by atoms with E-state index in [-0.39, 0.29) is 37.0 Å². The highest BCUT2D eigenvalue weighted by molar-refractivity contribution is 7.07. The lowest BCUT2D eigenvalue weighted by molar-refractivity contribution is -0.140. The number of nitrogens with one attached hydrogen (secondary N) is 1. The third-order valence-electron chi connectivity index (χ3n) is 3.58. The lowest BCUT2D eigenvalue weighted by atomic mass is 10.1. The number of hydrogen-bond acceptors (Lipinski definition) is 3. The Labute approximate surface area is 126 Å². The third-order valence-corrected chi connectivity index (χ3v) is 4.28. The largest absolute Gasteiger partial charge is 0.389 e. The first-order valence-electron chi connectivity index (χ1n) is 6.95. The van der Waals surface area contributed by atoms with Gasteiger partial charge in [-0.1, -0.05) is 13.8 Å². The molecule has 0 radical (unpaired) electrons. The molecule has 1 amide bonds. The first-order chi connectivity index (χ1) is 9.79. The van der Waals surface area contributed by atoms with E-state index in [1.165, 1.54) is 11.3 Å². The maximum atomic E-state index is 12.4. The molecule has 1 aromatic rings. The number of carbonyl (C=O) groups excluding carboxylic acids is 1. The molecule has 0 saturated carbocycles. The molecule has 1 aromatic heterocycles. The summed E-state index contributed by atoms with van der Waals surface area (Å²) < 4.78 is 36.9. The van der Waals surface area contributed by atoms with E-state index < -0.39 is 12.6 Å². The number of halogens is 3. The van der Waals surface area contributed by atoms with E-state index >= 15 is 0 Å². The zero-order valence-electron chi connectivity index (χ0n) is 12.0. The van der Waals surface area contributed by atoms with Gasteiger partial charge >= 0.3 is 6.18 Å². The molecule has 0 bridgehead atoms. The highest BCUT2D eigenvalue weighted by atomic mass is 32.1. The Bertz CT molecular complexity index is 473. The summed E-state index contributed by atoms with van der Waals surface area (Å²) in [6.07, 6.45) is -5.42. The van der Waals surface area contributed by atoms with E-state index in [0.717, 1.165) is 5.56 Å². The molecule has 1 N–H and O–H groups in total. The summed E-state index contributed by atoms with van der Waals surface area (Å²) in [7, 11) is 0. The molecular weight excluding hydrogens is 301 g/mol. The van der Waals surface area contributed by atoms with Crippen LogP contribution in [0.4, 0.5) is 13.2 Å². The molecule has 7 heteroatoms. The quantitative estimate of drug-likeness (QED) is 0.900. The Hall–Kier alpha value is -1.08. The normalized spacial score (nSPS) is 23.3. The Morgan fingerprint density at radius 1 is 1.43 bits per heavy atom. The Morgan fingerprint density at radius 3 is 2.67 bits per heavy atom. The Balaban J connectivity index is 2.08. The maximum absolute atomic E-state index is 12.4. The highest BCUT2D eigenvalue weighted by Gasteiger charge is 2.41. The van der Waals surface area contributed by atoms with Gasteiger partial charge in [0.15, 0.2) is 0 Å². The summed E-state index contributed by atoms with van der Waals surface area (Å²) in [4.78, 5) is 13.9. The minimum Gasteiger partial charge on any atom is -0.322 e. The molecule has 2 atom stereocenters. The fraction of sp³-hybridized carbons (Fsp3) is 0.643. The number of thiophene rings is 1. The number of carbonyl (C=O) groups is 1. The molecule has 2 rings (SSSR count). The molecule has 0 aromatic carbocycles. The fourth-order valence-corrected chi connectivity index (χ4v) is 3.19. The number of amides is 1. The fourth-order valence-electron chi connectivity index (χ4n) is 2.51. The second kappa shape index (κ2) is 6.36. The van der Waals surface area contributed by atoms with E-state index in [0.29, 0.717) is 0 Å². The number of rotatable bonds is 5. The number of nitrogens with zero attached hydrogens (tertiary/aromatic N) is 1. The van der Waals surface area contributed by atoms with Crippen LogP contribution < -0.4 is 5.32 Å². The summed E-state index contributed by atoms with van der Waals surface area (Å²) in [5, 5.41) is 7.06. The van der Waals surface area contributed by atoms with E-state index in [4.69, 9.17) is 0 Å². The topological polar surface area (TPSA) is 32.3 Å². The second-order valence-corrected chi connectivity index (χ2v) is 6.38. The van der Waals surface area contributed by atoms with Crippen molar-refractivity contribution in [3.8, 4) is 0 Å². The van der Waals surface area contributed by atoms with E-state index in [2.05, 4.69) is 5.32 Å². The van der Waals surface area contributed by atoms with Gasteiger partial charge < -0.3 is 4.90 Å². The van der Waals surface area contributed by atoms with Gasteiger partial charge in [0.1, 0.15) is 6.17 Å². The summed E-state index contributed by atoms with van der Waals surface area (Å²) in [6, 6.07) is 1.57. The van der Waals surface area contributed by atoms with Crippen molar-refractivity contribution in [3.63, 3.8) is 0 Å². The standard InChI is InChI=1S/C14H19F3N2OS/c1-9(2)11-13(20)19(6-3-5-14(15,16)17)12(18-11)10-4-7-21-8-10/h4,7-9,11-12,18H,3,5-6H2,1-2H3. The van der Waals surface area contributed by atoms with Crippen LogP contribution in [0.15, 0.2) is 16.8 Å². The van der Waals surface area contributed by atoms with Gasteiger partial charge in [-0.3, -0.25) is 10.1 Å². The molecule has 1 aliphatic heterocycles. The van der Waals surface area contributed by atoms with Crippen molar-refractivity contribution in [3.05, 3.63) is 22.4 Å². The third kappa shape index (κ3) is 3.97. The number of alkyl halides is 3. The predicted molar refractivity (Wildman–Crippen MR) is 75.8 cm³/mol. The van der Waals surface area contributed by atoms with Gasteiger partial charge in [0.2, 0.25) is 5.91 Å². The van der Waals surface area contributed by atoms with Gasteiger partial charge in [-0.25, -0.2) is 0 Å². The molecule has 2 heterocycles. The molecule has 1 fully saturated rings. The van der Waals surface area contributed by atoms with Crippen LogP contribution in [0.1, 0.15) is 38.4 Å². The van der Waals surface area contributed by atoms with Crippen LogP contribution in [-0.2, 0) is 4.79 Å². The Morgan fingerprint density at radius 2 is 2.14 bits per heavy atom. The van der Waals surface area contributed by atoms with Crippen molar-refractivity contribution in [1.29, 1.82) is 0 Å². The zero-order chi connectivity index (χ0) is 15.6. The average molecular weight is 320 g/mol. The van der Waals surface area contributed by atoms with Gasteiger partial charge in [-0.15, -0.1) is 0 Å². The van der Waals surface area contributed by atoms with Gasteiger partial charge in [0.25, 0.3) is 0 Å². The van der Waals surface area contributed by atoms with E-state index in [1.54, 1.807) is 4.90 Å². The molecule has 0 aliphatic carbocycles.